The van der Waals surface area contributed by atoms with Crippen LogP contribution in [0.3, 0.4) is 0 Å². The maximum absolute atomic E-state index is 12.7. The molecule has 6 heteroatoms. The van der Waals surface area contributed by atoms with E-state index in [0.29, 0.717) is 11.3 Å². The fourth-order valence-electron chi connectivity index (χ4n) is 2.53. The van der Waals surface area contributed by atoms with E-state index in [9.17, 15) is 9.59 Å². The number of carbonyl (C=O) groups excluding carboxylic acids is 2. The zero-order chi connectivity index (χ0) is 19.2. The third-order valence-electron chi connectivity index (χ3n) is 3.93. The number of rotatable bonds is 7. The van der Waals surface area contributed by atoms with E-state index < -0.39 is 5.97 Å². The van der Waals surface area contributed by atoms with Gasteiger partial charge in [0, 0.05) is 6.42 Å². The fraction of sp³-hybridized carbons (Fsp3) is 0.143. The molecule has 3 aromatic rings. The lowest BCUT2D eigenvalue weighted by Crippen LogP contribution is -2.12. The summed E-state index contributed by atoms with van der Waals surface area (Å²) < 4.78 is 15.6. The van der Waals surface area contributed by atoms with Crippen molar-refractivity contribution in [2.24, 2.45) is 0 Å². The van der Waals surface area contributed by atoms with Gasteiger partial charge in [-0.3, -0.25) is 4.79 Å². The number of carbonyl (C=O) groups is 2. The van der Waals surface area contributed by atoms with Crippen LogP contribution in [0.25, 0.3) is 0 Å². The summed E-state index contributed by atoms with van der Waals surface area (Å²) in [4.78, 5) is 24.9. The minimum absolute atomic E-state index is 0.0449. The van der Waals surface area contributed by atoms with Gasteiger partial charge in [0.25, 0.3) is 0 Å². The Morgan fingerprint density at radius 1 is 1.00 bits per heavy atom. The normalized spacial score (nSPS) is 10.4. The molecule has 0 aliphatic rings. The Hall–Kier alpha value is -3.38. The molecule has 1 heterocycles. The Bertz CT molecular complexity index is 939. The molecule has 0 atom stereocenters. The van der Waals surface area contributed by atoms with Crippen molar-refractivity contribution in [1.29, 1.82) is 0 Å². The summed E-state index contributed by atoms with van der Waals surface area (Å²) in [5.41, 5.74) is 1.12. The first-order chi connectivity index (χ1) is 13.1. The van der Waals surface area contributed by atoms with E-state index in [1.807, 2.05) is 12.1 Å². The number of ether oxygens (including phenoxy) is 2. The highest BCUT2D eigenvalue weighted by Crippen LogP contribution is 2.22. The van der Waals surface area contributed by atoms with Gasteiger partial charge in [0.2, 0.25) is 5.76 Å². The second-order valence-corrected chi connectivity index (χ2v) is 5.76. The Morgan fingerprint density at radius 2 is 1.74 bits per heavy atom. The Kier molecular flexibility index (Phi) is 5.68. The smallest absolute Gasteiger partial charge is 0.379 e. The van der Waals surface area contributed by atoms with Crippen LogP contribution in [0.15, 0.2) is 65.1 Å². The standard InChI is InChI=1S/C21H18O6/c1-25-15-8-6-14(7-9-15)12-18(23)17-4-2-3-5-19(17)27-21(24)20-11-10-16(13-22)26-20/h2-11,22H,12-13H2,1H3. The number of aliphatic hydroxyl groups excluding tert-OH is 1. The van der Waals surface area contributed by atoms with E-state index in [0.717, 1.165) is 5.56 Å². The first-order valence-electron chi connectivity index (χ1n) is 8.27. The van der Waals surface area contributed by atoms with Gasteiger partial charge >= 0.3 is 5.97 Å². The van der Waals surface area contributed by atoms with Gasteiger partial charge in [-0.25, -0.2) is 4.79 Å². The summed E-state index contributed by atoms with van der Waals surface area (Å²) in [6.45, 7) is -0.315. The summed E-state index contributed by atoms with van der Waals surface area (Å²) >= 11 is 0. The molecule has 0 aliphatic heterocycles. The van der Waals surface area contributed by atoms with Gasteiger partial charge in [-0.05, 0) is 42.0 Å². The number of furan rings is 1. The molecular weight excluding hydrogens is 348 g/mol. The maximum Gasteiger partial charge on any atom is 0.379 e. The number of hydrogen-bond donors (Lipinski definition) is 1. The largest absolute Gasteiger partial charge is 0.497 e. The lowest BCUT2D eigenvalue weighted by molar-refractivity contribution is 0.0694. The monoisotopic (exact) mass is 366 g/mol. The predicted molar refractivity (Wildman–Crippen MR) is 97.1 cm³/mol. The number of benzene rings is 2. The summed E-state index contributed by atoms with van der Waals surface area (Å²) in [7, 11) is 1.58. The van der Waals surface area contributed by atoms with Crippen molar-refractivity contribution in [3.63, 3.8) is 0 Å². The third kappa shape index (κ3) is 4.43. The second kappa shape index (κ2) is 8.33. The highest BCUT2D eigenvalue weighted by molar-refractivity contribution is 6.01. The molecule has 0 saturated carbocycles. The molecule has 0 unspecified atom stereocenters. The molecule has 6 nitrogen and oxygen atoms in total. The predicted octanol–water partition coefficient (Wildman–Crippen LogP) is 3.43. The number of para-hydroxylation sites is 1. The molecule has 1 N–H and O–H groups in total. The van der Waals surface area contributed by atoms with Crippen molar-refractivity contribution in [1.82, 2.24) is 0 Å². The van der Waals surface area contributed by atoms with Crippen molar-refractivity contribution in [2.75, 3.05) is 7.11 Å². The lowest BCUT2D eigenvalue weighted by atomic mass is 10.0. The highest BCUT2D eigenvalue weighted by atomic mass is 16.5. The average Bonchev–Trinajstić information content (AvgIpc) is 3.18. The number of methoxy groups -OCH3 is 1. The highest BCUT2D eigenvalue weighted by Gasteiger charge is 2.18. The second-order valence-electron chi connectivity index (χ2n) is 5.76. The lowest BCUT2D eigenvalue weighted by Gasteiger charge is -2.09. The molecule has 138 valence electrons. The van der Waals surface area contributed by atoms with Crippen LogP contribution in [0, 0.1) is 0 Å². The maximum atomic E-state index is 12.7. The van der Waals surface area contributed by atoms with Crippen molar-refractivity contribution in [3.8, 4) is 11.5 Å². The average molecular weight is 366 g/mol. The summed E-state index contributed by atoms with van der Waals surface area (Å²) in [5.74, 6) is 0.157. The summed E-state index contributed by atoms with van der Waals surface area (Å²) in [5, 5.41) is 9.01. The Labute approximate surface area is 156 Å². The fourth-order valence-corrected chi connectivity index (χ4v) is 2.53. The molecule has 2 aromatic carbocycles. The van der Waals surface area contributed by atoms with Crippen LogP contribution in [0.5, 0.6) is 11.5 Å². The zero-order valence-electron chi connectivity index (χ0n) is 14.7. The first kappa shape index (κ1) is 18.4. The SMILES string of the molecule is COc1ccc(CC(=O)c2ccccc2OC(=O)c2ccc(CO)o2)cc1. The van der Waals surface area contributed by atoms with Gasteiger partial charge in [0.15, 0.2) is 5.78 Å². The van der Waals surface area contributed by atoms with Crippen LogP contribution in [0.4, 0.5) is 0 Å². The molecule has 0 amide bonds. The number of ketones is 1. The van der Waals surface area contributed by atoms with Gasteiger partial charge in [-0.2, -0.15) is 0 Å². The van der Waals surface area contributed by atoms with Gasteiger partial charge in [0.1, 0.15) is 23.9 Å². The summed E-state index contributed by atoms with van der Waals surface area (Å²) in [6, 6.07) is 16.6. The first-order valence-corrected chi connectivity index (χ1v) is 8.27. The zero-order valence-corrected chi connectivity index (χ0v) is 14.7. The van der Waals surface area contributed by atoms with Crippen molar-refractivity contribution in [2.45, 2.75) is 13.0 Å². The minimum Gasteiger partial charge on any atom is -0.497 e. The van der Waals surface area contributed by atoms with Gasteiger partial charge in [-0.15, -0.1) is 0 Å². The van der Waals surface area contributed by atoms with E-state index in [4.69, 9.17) is 19.0 Å². The van der Waals surface area contributed by atoms with Gasteiger partial charge in [0.05, 0.1) is 12.7 Å². The topological polar surface area (TPSA) is 86.0 Å². The van der Waals surface area contributed by atoms with Crippen LogP contribution < -0.4 is 9.47 Å². The Balaban J connectivity index is 1.76. The van der Waals surface area contributed by atoms with Crippen LogP contribution in [0.1, 0.15) is 32.2 Å². The molecule has 27 heavy (non-hydrogen) atoms. The molecule has 0 bridgehead atoms. The quantitative estimate of drug-likeness (QED) is 0.392. The molecule has 0 aliphatic carbocycles. The summed E-state index contributed by atoms with van der Waals surface area (Å²) in [6.07, 6.45) is 0.161. The molecule has 0 radical (unpaired) electrons. The number of hydrogen-bond acceptors (Lipinski definition) is 6. The number of aliphatic hydroxyl groups is 1. The molecule has 3 rings (SSSR count). The molecule has 0 fully saturated rings. The van der Waals surface area contributed by atoms with Crippen LogP contribution in [-0.4, -0.2) is 24.0 Å². The molecule has 1 aromatic heterocycles. The van der Waals surface area contributed by atoms with E-state index in [2.05, 4.69) is 0 Å². The number of esters is 1. The van der Waals surface area contributed by atoms with Crippen LogP contribution >= 0.6 is 0 Å². The molecule has 0 spiro atoms. The minimum atomic E-state index is -0.737. The van der Waals surface area contributed by atoms with E-state index >= 15 is 0 Å². The van der Waals surface area contributed by atoms with Crippen LogP contribution in [-0.2, 0) is 13.0 Å². The van der Waals surface area contributed by atoms with Gasteiger partial charge in [-0.1, -0.05) is 24.3 Å². The molecule has 0 saturated heterocycles. The van der Waals surface area contributed by atoms with Crippen molar-refractivity contribution in [3.05, 3.63) is 83.3 Å². The Morgan fingerprint density at radius 3 is 2.41 bits per heavy atom. The van der Waals surface area contributed by atoms with E-state index in [1.54, 1.807) is 43.5 Å². The third-order valence-corrected chi connectivity index (χ3v) is 3.93. The van der Waals surface area contributed by atoms with E-state index in [1.165, 1.54) is 12.1 Å². The van der Waals surface area contributed by atoms with Gasteiger partial charge < -0.3 is 19.0 Å². The van der Waals surface area contributed by atoms with Crippen molar-refractivity contribution >= 4 is 11.8 Å². The number of Topliss-reactive ketones (excluding diaryl/α,β-unsaturated/α-hetero) is 1. The van der Waals surface area contributed by atoms with Crippen molar-refractivity contribution < 1.29 is 28.6 Å². The van der Waals surface area contributed by atoms with Crippen LogP contribution in [0.2, 0.25) is 0 Å². The molecular formula is C21H18O6. The van der Waals surface area contributed by atoms with E-state index in [-0.39, 0.29) is 36.1 Å².